The van der Waals surface area contributed by atoms with E-state index in [1.165, 1.54) is 19.1 Å². The van der Waals surface area contributed by atoms with Gasteiger partial charge in [-0.25, -0.2) is 18.7 Å². The number of rotatable bonds is 5. The molecule has 1 rings (SSSR count). The maximum atomic E-state index is 12.8. The molecule has 18 heavy (non-hydrogen) atoms. The number of benzene rings is 1. The molecule has 3 N–H and O–H groups in total. The lowest BCUT2D eigenvalue weighted by Crippen LogP contribution is -2.43. The highest BCUT2D eigenvalue weighted by atomic mass is 32.2. The maximum Gasteiger partial charge on any atom is 0.254 e. The zero-order valence-corrected chi connectivity index (χ0v) is 10.6. The molecule has 0 unspecified atom stereocenters. The summed E-state index contributed by atoms with van der Waals surface area (Å²) in [7, 11) is -3.64. The number of nitrogens with one attached hydrogen (secondary N) is 1. The summed E-state index contributed by atoms with van der Waals surface area (Å²) in [6, 6.07) is 4.81. The summed E-state index contributed by atoms with van der Waals surface area (Å²) in [5.41, 5.74) is 2.06. The molecule has 0 spiro atoms. The highest BCUT2D eigenvalue weighted by Gasteiger charge is 2.22. The highest BCUT2D eigenvalue weighted by molar-refractivity contribution is 7.92. The van der Waals surface area contributed by atoms with Crippen LogP contribution in [0.2, 0.25) is 0 Å². The van der Waals surface area contributed by atoms with Crippen LogP contribution in [0.5, 0.6) is 0 Å². The van der Waals surface area contributed by atoms with E-state index in [2.05, 4.69) is 0 Å². The topological polar surface area (TPSA) is 92.5 Å². The van der Waals surface area contributed by atoms with Crippen LogP contribution in [0, 0.1) is 5.82 Å². The zero-order chi connectivity index (χ0) is 13.8. The van der Waals surface area contributed by atoms with E-state index >= 15 is 0 Å². The summed E-state index contributed by atoms with van der Waals surface area (Å²) >= 11 is 0. The number of hydrogen-bond acceptors (Lipinski definition) is 4. The van der Waals surface area contributed by atoms with Crippen molar-refractivity contribution in [1.29, 1.82) is 0 Å². The summed E-state index contributed by atoms with van der Waals surface area (Å²) < 4.78 is 37.4. The van der Waals surface area contributed by atoms with Crippen molar-refractivity contribution >= 4 is 21.6 Å². The monoisotopic (exact) mass is 275 g/mol. The van der Waals surface area contributed by atoms with E-state index in [0.29, 0.717) is 0 Å². The number of halogens is 1. The molecule has 1 aromatic carbocycles. The second-order valence-electron chi connectivity index (χ2n) is 3.45. The fraction of sp³-hybridized carbons (Fsp3) is 0.300. The van der Waals surface area contributed by atoms with Gasteiger partial charge in [0.1, 0.15) is 12.4 Å². The van der Waals surface area contributed by atoms with Gasteiger partial charge in [0, 0.05) is 0 Å². The van der Waals surface area contributed by atoms with E-state index in [0.717, 1.165) is 16.4 Å². The van der Waals surface area contributed by atoms with Crippen molar-refractivity contribution in [3.63, 3.8) is 0 Å². The number of carbonyl (C=O) groups is 1. The Morgan fingerprint density at radius 3 is 2.39 bits per heavy atom. The van der Waals surface area contributed by atoms with Crippen LogP contribution in [0.3, 0.4) is 0 Å². The van der Waals surface area contributed by atoms with Crippen LogP contribution in [0.4, 0.5) is 10.1 Å². The molecule has 0 fully saturated rings. The first kappa shape index (κ1) is 14.4. The predicted molar refractivity (Wildman–Crippen MR) is 65.5 cm³/mol. The second kappa shape index (κ2) is 5.78. The van der Waals surface area contributed by atoms with Crippen LogP contribution in [0.1, 0.15) is 6.92 Å². The standard InChI is InChI=1S/C10H14FN3O3S/c1-2-18(16,17)14(7-10(15)13-12)9-5-3-8(11)4-6-9/h3-6H,2,7,12H2,1H3,(H,13,15). The Bertz CT molecular complexity index is 516. The molecule has 0 aliphatic carbocycles. The minimum atomic E-state index is -3.64. The summed E-state index contributed by atoms with van der Waals surface area (Å²) in [5, 5.41) is 0. The molecule has 0 aliphatic rings. The Balaban J connectivity index is 3.12. The van der Waals surface area contributed by atoms with Crippen molar-refractivity contribution in [1.82, 2.24) is 5.43 Å². The first-order valence-electron chi connectivity index (χ1n) is 5.16. The molecule has 0 aliphatic heterocycles. The Labute approximate surface area is 105 Å². The summed E-state index contributed by atoms with van der Waals surface area (Å²) in [6.45, 7) is 1.00. The molecule has 1 aromatic rings. The molecule has 0 radical (unpaired) electrons. The summed E-state index contributed by atoms with van der Waals surface area (Å²) in [5.74, 6) is 3.60. The molecular formula is C10H14FN3O3S. The molecule has 8 heteroatoms. The average Bonchev–Trinajstić information content (AvgIpc) is 2.36. The fourth-order valence-electron chi connectivity index (χ4n) is 1.29. The Morgan fingerprint density at radius 2 is 1.94 bits per heavy atom. The minimum Gasteiger partial charge on any atom is -0.293 e. The third kappa shape index (κ3) is 3.41. The van der Waals surface area contributed by atoms with Crippen LogP contribution in [-0.4, -0.2) is 26.6 Å². The second-order valence-corrected chi connectivity index (χ2v) is 5.63. The average molecular weight is 275 g/mol. The van der Waals surface area contributed by atoms with Crippen LogP contribution < -0.4 is 15.6 Å². The molecule has 0 atom stereocenters. The van der Waals surface area contributed by atoms with E-state index in [9.17, 15) is 17.6 Å². The molecule has 100 valence electrons. The quantitative estimate of drug-likeness (QED) is 0.448. The molecule has 6 nitrogen and oxygen atoms in total. The van der Waals surface area contributed by atoms with E-state index in [4.69, 9.17) is 5.84 Å². The molecular weight excluding hydrogens is 261 g/mol. The summed E-state index contributed by atoms with van der Waals surface area (Å²) in [6.07, 6.45) is 0. The van der Waals surface area contributed by atoms with Crippen molar-refractivity contribution < 1.29 is 17.6 Å². The zero-order valence-electron chi connectivity index (χ0n) is 9.76. The lowest BCUT2D eigenvalue weighted by molar-refractivity contribution is -0.119. The van der Waals surface area contributed by atoms with E-state index in [1.807, 2.05) is 5.43 Å². The van der Waals surface area contributed by atoms with Crippen molar-refractivity contribution in [3.8, 4) is 0 Å². The smallest absolute Gasteiger partial charge is 0.254 e. The van der Waals surface area contributed by atoms with Gasteiger partial charge in [-0.1, -0.05) is 0 Å². The van der Waals surface area contributed by atoms with E-state index in [-0.39, 0.29) is 11.4 Å². The van der Waals surface area contributed by atoms with E-state index in [1.54, 1.807) is 0 Å². The number of anilines is 1. The molecule has 0 aromatic heterocycles. The van der Waals surface area contributed by atoms with Gasteiger partial charge in [-0.3, -0.25) is 14.5 Å². The maximum absolute atomic E-state index is 12.8. The van der Waals surface area contributed by atoms with Gasteiger partial charge in [-0.05, 0) is 31.2 Å². The van der Waals surface area contributed by atoms with Crippen LogP contribution in [0.25, 0.3) is 0 Å². The number of sulfonamides is 1. The van der Waals surface area contributed by atoms with Crippen molar-refractivity contribution in [3.05, 3.63) is 30.1 Å². The Kier molecular flexibility index (Phi) is 4.62. The lowest BCUT2D eigenvalue weighted by Gasteiger charge is -2.22. The normalized spacial score (nSPS) is 11.1. The molecule has 0 heterocycles. The highest BCUT2D eigenvalue weighted by Crippen LogP contribution is 2.18. The third-order valence-corrected chi connectivity index (χ3v) is 4.00. The van der Waals surface area contributed by atoms with Gasteiger partial charge in [0.15, 0.2) is 0 Å². The lowest BCUT2D eigenvalue weighted by atomic mass is 10.3. The van der Waals surface area contributed by atoms with Crippen molar-refractivity contribution in [2.45, 2.75) is 6.92 Å². The van der Waals surface area contributed by atoms with Crippen LogP contribution in [0.15, 0.2) is 24.3 Å². The largest absolute Gasteiger partial charge is 0.293 e. The van der Waals surface area contributed by atoms with Gasteiger partial charge in [0.2, 0.25) is 10.0 Å². The number of hydrogen-bond donors (Lipinski definition) is 2. The SMILES string of the molecule is CCS(=O)(=O)N(CC(=O)NN)c1ccc(F)cc1. The van der Waals surface area contributed by atoms with Gasteiger partial charge in [0.05, 0.1) is 11.4 Å². The molecule has 0 bridgehead atoms. The van der Waals surface area contributed by atoms with Crippen LogP contribution >= 0.6 is 0 Å². The number of carbonyl (C=O) groups excluding carboxylic acids is 1. The van der Waals surface area contributed by atoms with Gasteiger partial charge in [-0.2, -0.15) is 0 Å². The van der Waals surface area contributed by atoms with Gasteiger partial charge in [-0.15, -0.1) is 0 Å². The number of amides is 1. The number of hydrazine groups is 1. The van der Waals surface area contributed by atoms with Crippen molar-refractivity contribution in [2.75, 3.05) is 16.6 Å². The molecule has 0 saturated heterocycles. The van der Waals surface area contributed by atoms with E-state index < -0.39 is 28.3 Å². The van der Waals surface area contributed by atoms with Gasteiger partial charge >= 0.3 is 0 Å². The molecule has 0 saturated carbocycles. The first-order valence-corrected chi connectivity index (χ1v) is 6.77. The predicted octanol–water partition coefficient (Wildman–Crippen LogP) is -0.0283. The van der Waals surface area contributed by atoms with Gasteiger partial charge < -0.3 is 0 Å². The van der Waals surface area contributed by atoms with Gasteiger partial charge in [0.25, 0.3) is 5.91 Å². The van der Waals surface area contributed by atoms with Crippen LogP contribution in [-0.2, 0) is 14.8 Å². The first-order chi connectivity index (χ1) is 8.40. The number of nitrogens with two attached hydrogens (primary N) is 1. The Morgan fingerprint density at radius 1 is 1.39 bits per heavy atom. The fourth-order valence-corrected chi connectivity index (χ4v) is 2.36. The van der Waals surface area contributed by atoms with Crippen molar-refractivity contribution in [2.24, 2.45) is 5.84 Å². The third-order valence-electron chi connectivity index (χ3n) is 2.26. The molecule has 1 amide bonds. The Hall–Kier alpha value is -1.67. The number of nitrogens with zero attached hydrogens (tertiary/aromatic N) is 1. The minimum absolute atomic E-state index is 0.178. The summed E-state index contributed by atoms with van der Waals surface area (Å²) in [4.78, 5) is 11.2.